The van der Waals surface area contributed by atoms with Gasteiger partial charge in [-0.05, 0) is 55.2 Å². The van der Waals surface area contributed by atoms with Crippen molar-refractivity contribution in [3.63, 3.8) is 0 Å². The van der Waals surface area contributed by atoms with Gasteiger partial charge in [0.1, 0.15) is 5.75 Å². The summed E-state index contributed by atoms with van der Waals surface area (Å²) in [6, 6.07) is 17.8. The van der Waals surface area contributed by atoms with Crippen molar-refractivity contribution >= 4 is 11.6 Å². The molecule has 1 unspecified atom stereocenters. The van der Waals surface area contributed by atoms with Gasteiger partial charge in [-0.25, -0.2) is 0 Å². The van der Waals surface area contributed by atoms with E-state index in [1.54, 1.807) is 0 Å². The van der Waals surface area contributed by atoms with Crippen molar-refractivity contribution in [2.75, 3.05) is 6.61 Å². The van der Waals surface area contributed by atoms with E-state index in [1.165, 1.54) is 5.56 Å². The Morgan fingerprint density at radius 2 is 1.86 bits per heavy atom. The van der Waals surface area contributed by atoms with Crippen LogP contribution in [0, 0.1) is 18.3 Å². The summed E-state index contributed by atoms with van der Waals surface area (Å²) >= 11 is 5.82. The second kappa shape index (κ2) is 7.71. The Hall–Kier alpha value is -1.98. The van der Waals surface area contributed by atoms with Crippen LogP contribution >= 0.6 is 11.6 Å². The van der Waals surface area contributed by atoms with Crippen molar-refractivity contribution in [2.24, 2.45) is 0 Å². The molecule has 0 saturated carbocycles. The number of rotatable bonds is 6. The van der Waals surface area contributed by atoms with Crippen molar-refractivity contribution in [1.29, 1.82) is 5.26 Å². The lowest BCUT2D eigenvalue weighted by Crippen LogP contribution is -2.03. The number of benzene rings is 2. The highest BCUT2D eigenvalue weighted by molar-refractivity contribution is 6.30. The molecule has 0 N–H and O–H groups in total. The van der Waals surface area contributed by atoms with E-state index in [0.717, 1.165) is 24.2 Å². The minimum Gasteiger partial charge on any atom is -0.494 e. The van der Waals surface area contributed by atoms with Gasteiger partial charge in [-0.1, -0.05) is 35.9 Å². The van der Waals surface area contributed by atoms with E-state index in [-0.39, 0.29) is 5.92 Å². The molecule has 1 atom stereocenters. The minimum atomic E-state index is -0.0694. The molecule has 21 heavy (non-hydrogen) atoms. The Labute approximate surface area is 130 Å². The van der Waals surface area contributed by atoms with Gasteiger partial charge in [-0.15, -0.1) is 0 Å². The Morgan fingerprint density at radius 3 is 2.52 bits per heavy atom. The number of nitriles is 1. The first kappa shape index (κ1) is 15.4. The van der Waals surface area contributed by atoms with Crippen molar-refractivity contribution in [1.82, 2.24) is 0 Å². The largest absolute Gasteiger partial charge is 0.494 e. The van der Waals surface area contributed by atoms with E-state index < -0.39 is 0 Å². The zero-order valence-corrected chi connectivity index (χ0v) is 12.8. The van der Waals surface area contributed by atoms with Gasteiger partial charge in [0.15, 0.2) is 0 Å². The third-order valence-electron chi connectivity index (χ3n) is 3.44. The van der Waals surface area contributed by atoms with Gasteiger partial charge in [-0.3, -0.25) is 0 Å². The number of nitrogens with zero attached hydrogens (tertiary/aromatic N) is 1. The summed E-state index contributed by atoms with van der Waals surface area (Å²) in [5.41, 5.74) is 2.29. The predicted molar refractivity (Wildman–Crippen MR) is 85.7 cm³/mol. The van der Waals surface area contributed by atoms with Crippen LogP contribution in [0.4, 0.5) is 0 Å². The quantitative estimate of drug-likeness (QED) is 0.694. The highest BCUT2D eigenvalue weighted by Crippen LogP contribution is 2.24. The lowest BCUT2D eigenvalue weighted by atomic mass is 9.92. The van der Waals surface area contributed by atoms with E-state index in [9.17, 15) is 5.26 Å². The topological polar surface area (TPSA) is 33.0 Å². The molecule has 0 aliphatic rings. The van der Waals surface area contributed by atoms with Gasteiger partial charge in [0.2, 0.25) is 0 Å². The summed E-state index contributed by atoms with van der Waals surface area (Å²) in [5, 5.41) is 10.0. The molecule has 2 aromatic rings. The van der Waals surface area contributed by atoms with Gasteiger partial charge < -0.3 is 4.74 Å². The van der Waals surface area contributed by atoms with Crippen LogP contribution in [0.3, 0.4) is 0 Å². The molecular formula is C18H18ClNO. The summed E-state index contributed by atoms with van der Waals surface area (Å²) in [7, 11) is 0. The molecule has 0 fully saturated rings. The van der Waals surface area contributed by atoms with Crippen LogP contribution < -0.4 is 4.74 Å². The van der Waals surface area contributed by atoms with Crippen molar-refractivity contribution in [3.8, 4) is 11.8 Å². The van der Waals surface area contributed by atoms with Crippen LogP contribution in [-0.2, 0) is 0 Å². The average Bonchev–Trinajstić information content (AvgIpc) is 2.50. The number of ether oxygens (including phenoxy) is 1. The normalized spacial score (nSPS) is 11.7. The summed E-state index contributed by atoms with van der Waals surface area (Å²) in [5.74, 6) is 0.740. The summed E-state index contributed by atoms with van der Waals surface area (Å²) in [4.78, 5) is 0. The Kier molecular flexibility index (Phi) is 5.66. The molecule has 3 heteroatoms. The van der Waals surface area contributed by atoms with Gasteiger partial charge in [-0.2, -0.15) is 5.26 Å². The third-order valence-corrected chi connectivity index (χ3v) is 3.69. The molecule has 0 aliphatic carbocycles. The summed E-state index contributed by atoms with van der Waals surface area (Å²) in [6.45, 7) is 2.65. The molecule has 0 aliphatic heterocycles. The zero-order valence-electron chi connectivity index (χ0n) is 12.1. The molecule has 108 valence electrons. The third kappa shape index (κ3) is 4.51. The molecule has 0 saturated heterocycles. The van der Waals surface area contributed by atoms with Crippen LogP contribution in [0.15, 0.2) is 48.5 Å². The Balaban J connectivity index is 1.83. The van der Waals surface area contributed by atoms with Crippen LogP contribution in [0.1, 0.15) is 29.9 Å². The standard InChI is InChI=1S/C18H18ClNO/c1-14-5-2-3-7-18(14)15(13-20)6-4-12-21-17-10-8-16(19)9-11-17/h2-3,5,7-11,15H,4,6,12H2,1H3. The first-order valence-electron chi connectivity index (χ1n) is 7.04. The molecule has 2 aromatic carbocycles. The Morgan fingerprint density at radius 1 is 1.14 bits per heavy atom. The average molecular weight is 300 g/mol. The first-order valence-corrected chi connectivity index (χ1v) is 7.42. The van der Waals surface area contributed by atoms with Gasteiger partial charge in [0.05, 0.1) is 18.6 Å². The molecule has 0 heterocycles. The maximum absolute atomic E-state index is 9.35. The SMILES string of the molecule is Cc1ccccc1C(C#N)CCCOc1ccc(Cl)cc1. The van der Waals surface area contributed by atoms with Crippen molar-refractivity contribution in [3.05, 3.63) is 64.7 Å². The molecule has 0 radical (unpaired) electrons. The number of aryl methyl sites for hydroxylation is 1. The molecule has 0 spiro atoms. The summed E-state index contributed by atoms with van der Waals surface area (Å²) in [6.07, 6.45) is 1.64. The fourth-order valence-electron chi connectivity index (χ4n) is 2.28. The highest BCUT2D eigenvalue weighted by atomic mass is 35.5. The maximum atomic E-state index is 9.35. The van der Waals surface area contributed by atoms with Gasteiger partial charge in [0, 0.05) is 5.02 Å². The first-order chi connectivity index (χ1) is 10.2. The molecule has 2 nitrogen and oxygen atoms in total. The number of hydrogen-bond acceptors (Lipinski definition) is 2. The van der Waals surface area contributed by atoms with Crippen LogP contribution in [0.25, 0.3) is 0 Å². The summed E-state index contributed by atoms with van der Waals surface area (Å²) < 4.78 is 5.65. The van der Waals surface area contributed by atoms with Crippen LogP contribution in [0.2, 0.25) is 5.02 Å². The van der Waals surface area contributed by atoms with Gasteiger partial charge in [0.25, 0.3) is 0 Å². The molecule has 0 aromatic heterocycles. The lowest BCUT2D eigenvalue weighted by Gasteiger charge is -2.12. The molecule has 2 rings (SSSR count). The van der Waals surface area contributed by atoms with Crippen molar-refractivity contribution < 1.29 is 4.74 Å². The predicted octanol–water partition coefficient (Wildman–Crippen LogP) is 5.11. The smallest absolute Gasteiger partial charge is 0.119 e. The number of halogens is 1. The zero-order chi connectivity index (χ0) is 15.1. The van der Waals surface area contributed by atoms with E-state index in [1.807, 2.05) is 55.5 Å². The second-order valence-corrected chi connectivity index (χ2v) is 5.42. The molecular weight excluding hydrogens is 282 g/mol. The van der Waals surface area contributed by atoms with Crippen LogP contribution in [-0.4, -0.2) is 6.61 Å². The maximum Gasteiger partial charge on any atom is 0.119 e. The molecule has 0 amide bonds. The number of hydrogen-bond donors (Lipinski definition) is 0. The van der Waals surface area contributed by atoms with E-state index in [4.69, 9.17) is 16.3 Å². The second-order valence-electron chi connectivity index (χ2n) is 4.98. The fraction of sp³-hybridized carbons (Fsp3) is 0.278. The van der Waals surface area contributed by atoms with E-state index >= 15 is 0 Å². The minimum absolute atomic E-state index is 0.0694. The van der Waals surface area contributed by atoms with E-state index in [2.05, 4.69) is 6.07 Å². The Bertz CT molecular complexity index is 616. The monoisotopic (exact) mass is 299 g/mol. The van der Waals surface area contributed by atoms with E-state index in [0.29, 0.717) is 11.6 Å². The highest BCUT2D eigenvalue weighted by Gasteiger charge is 2.12. The van der Waals surface area contributed by atoms with Crippen molar-refractivity contribution in [2.45, 2.75) is 25.7 Å². The molecule has 0 bridgehead atoms. The lowest BCUT2D eigenvalue weighted by molar-refractivity contribution is 0.305. The van der Waals surface area contributed by atoms with Crippen LogP contribution in [0.5, 0.6) is 5.75 Å². The fourth-order valence-corrected chi connectivity index (χ4v) is 2.40. The van der Waals surface area contributed by atoms with Gasteiger partial charge >= 0.3 is 0 Å².